The Morgan fingerprint density at radius 2 is 2.00 bits per heavy atom. The highest BCUT2D eigenvalue weighted by Crippen LogP contribution is 2.26. The molecule has 17 heavy (non-hydrogen) atoms. The van der Waals surface area contributed by atoms with Crippen LogP contribution < -0.4 is 5.32 Å². The minimum Gasteiger partial charge on any atom is -0.443 e. The number of nitrogens with zero attached hydrogens (tertiary/aromatic N) is 1. The Balaban J connectivity index is 3.24. The normalized spacial score (nSPS) is 9.53. The summed E-state index contributed by atoms with van der Waals surface area (Å²) in [6.45, 7) is 7.90. The average molecular weight is 232 g/mol. The van der Waals surface area contributed by atoms with E-state index >= 15 is 0 Å². The van der Waals surface area contributed by atoms with Crippen LogP contribution in [0.2, 0.25) is 0 Å². The van der Waals surface area contributed by atoms with Crippen molar-refractivity contribution in [3.63, 3.8) is 0 Å². The van der Waals surface area contributed by atoms with E-state index in [0.717, 1.165) is 0 Å². The lowest BCUT2D eigenvalue weighted by Gasteiger charge is -2.00. The van der Waals surface area contributed by atoms with Crippen molar-refractivity contribution in [1.82, 2.24) is 0 Å². The molecule has 0 atom stereocenters. The number of anilines is 1. The zero-order valence-electron chi connectivity index (χ0n) is 9.88. The fourth-order valence-corrected chi connectivity index (χ4v) is 1.37. The lowest BCUT2D eigenvalue weighted by atomic mass is 10.1. The van der Waals surface area contributed by atoms with Crippen molar-refractivity contribution in [2.75, 3.05) is 5.32 Å². The molecule has 0 unspecified atom stereocenters. The van der Waals surface area contributed by atoms with Crippen molar-refractivity contribution in [1.29, 1.82) is 5.26 Å². The minimum absolute atomic E-state index is 0.0109. The van der Waals surface area contributed by atoms with Crippen LogP contribution in [0.1, 0.15) is 35.5 Å². The Hall–Kier alpha value is -2.35. The third kappa shape index (κ3) is 2.42. The Morgan fingerprint density at radius 1 is 1.41 bits per heavy atom. The molecule has 0 radical (unpaired) electrons. The molecule has 1 heterocycles. The molecule has 0 aliphatic rings. The smallest absolute Gasteiger partial charge is 0.253 e. The van der Waals surface area contributed by atoms with Crippen molar-refractivity contribution in [2.24, 2.45) is 0 Å². The number of carbonyl (C=O) groups is 2. The topological polar surface area (TPSA) is 83.1 Å². The summed E-state index contributed by atoms with van der Waals surface area (Å²) >= 11 is 0. The number of nitrogens with one attached hydrogen (secondary N) is 1. The van der Waals surface area contributed by atoms with Gasteiger partial charge in [-0.05, 0) is 20.8 Å². The lowest BCUT2D eigenvalue weighted by Crippen LogP contribution is -2.12. The molecular weight excluding hydrogens is 220 g/mol. The largest absolute Gasteiger partial charge is 0.443 e. The van der Waals surface area contributed by atoms with Gasteiger partial charge >= 0.3 is 0 Å². The van der Waals surface area contributed by atoms with Crippen LogP contribution in [-0.4, -0.2) is 11.7 Å². The molecule has 1 amide bonds. The third-order valence-electron chi connectivity index (χ3n) is 2.16. The standard InChI is InChI=1S/C12H12N2O3/c1-6(2)11(16)14-12-9(5-13)10(7(3)15)8(4)17-12/h1H2,2-4H3,(H,14,16). The second kappa shape index (κ2) is 4.66. The highest BCUT2D eigenvalue weighted by atomic mass is 16.4. The maximum atomic E-state index is 11.4. The van der Waals surface area contributed by atoms with Crippen LogP contribution >= 0.6 is 0 Å². The molecule has 1 N–H and O–H groups in total. The first-order valence-corrected chi connectivity index (χ1v) is 4.89. The van der Waals surface area contributed by atoms with Gasteiger partial charge in [0.2, 0.25) is 5.88 Å². The van der Waals surface area contributed by atoms with E-state index in [1.165, 1.54) is 13.8 Å². The molecule has 5 nitrogen and oxygen atoms in total. The predicted octanol–water partition coefficient (Wildman–Crippen LogP) is 2.18. The summed E-state index contributed by atoms with van der Waals surface area (Å²) in [5.74, 6) is -0.432. The Kier molecular flexibility index (Phi) is 3.49. The second-order valence-corrected chi connectivity index (χ2v) is 3.64. The minimum atomic E-state index is -0.453. The van der Waals surface area contributed by atoms with Gasteiger partial charge in [-0.2, -0.15) is 5.26 Å². The molecule has 0 aliphatic heterocycles. The van der Waals surface area contributed by atoms with Gasteiger partial charge in [-0.15, -0.1) is 0 Å². The van der Waals surface area contributed by atoms with Crippen molar-refractivity contribution in [3.8, 4) is 6.07 Å². The van der Waals surface area contributed by atoms with Crippen molar-refractivity contribution in [2.45, 2.75) is 20.8 Å². The van der Waals surface area contributed by atoms with Crippen molar-refractivity contribution < 1.29 is 14.0 Å². The molecular formula is C12H12N2O3. The molecule has 1 aromatic heterocycles. The number of hydrogen-bond acceptors (Lipinski definition) is 4. The van der Waals surface area contributed by atoms with Crippen LogP contribution in [0, 0.1) is 18.3 Å². The van der Waals surface area contributed by atoms with Gasteiger partial charge in [0.05, 0.1) is 5.56 Å². The molecule has 0 aliphatic carbocycles. The highest BCUT2D eigenvalue weighted by Gasteiger charge is 2.22. The van der Waals surface area contributed by atoms with E-state index < -0.39 is 5.91 Å². The monoisotopic (exact) mass is 232 g/mol. The molecule has 1 aromatic rings. The SMILES string of the molecule is C=C(C)C(=O)Nc1oc(C)c(C(C)=O)c1C#N. The number of aryl methyl sites for hydroxylation is 1. The Bertz CT molecular complexity index is 547. The average Bonchev–Trinajstić information content (AvgIpc) is 2.53. The Labute approximate surface area is 98.7 Å². The number of nitriles is 1. The molecule has 1 rings (SSSR count). The van der Waals surface area contributed by atoms with Gasteiger partial charge in [0.1, 0.15) is 17.4 Å². The van der Waals surface area contributed by atoms with Crippen LogP contribution in [0.5, 0.6) is 0 Å². The molecule has 88 valence electrons. The van der Waals surface area contributed by atoms with E-state index in [2.05, 4.69) is 11.9 Å². The maximum Gasteiger partial charge on any atom is 0.253 e. The van der Waals surface area contributed by atoms with Crippen molar-refractivity contribution in [3.05, 3.63) is 29.0 Å². The van der Waals surface area contributed by atoms with Crippen LogP contribution in [0.4, 0.5) is 5.88 Å². The second-order valence-electron chi connectivity index (χ2n) is 3.64. The summed E-state index contributed by atoms with van der Waals surface area (Å²) < 4.78 is 5.20. The molecule has 5 heteroatoms. The number of hydrogen-bond donors (Lipinski definition) is 1. The predicted molar refractivity (Wildman–Crippen MR) is 61.6 cm³/mol. The summed E-state index contributed by atoms with van der Waals surface area (Å²) in [7, 11) is 0. The highest BCUT2D eigenvalue weighted by molar-refractivity contribution is 6.05. The van der Waals surface area contributed by atoms with E-state index in [1.54, 1.807) is 6.92 Å². The van der Waals surface area contributed by atoms with Gasteiger partial charge in [-0.25, -0.2) is 0 Å². The van der Waals surface area contributed by atoms with E-state index in [1.807, 2.05) is 6.07 Å². The summed E-state index contributed by atoms with van der Waals surface area (Å²) in [5.41, 5.74) is 0.529. The van der Waals surface area contributed by atoms with Crippen LogP contribution in [0.25, 0.3) is 0 Å². The molecule has 0 saturated carbocycles. The number of amides is 1. The quantitative estimate of drug-likeness (QED) is 0.639. The summed E-state index contributed by atoms with van der Waals surface area (Å²) in [4.78, 5) is 22.7. The zero-order chi connectivity index (χ0) is 13.2. The van der Waals surface area contributed by atoms with E-state index in [-0.39, 0.29) is 28.4 Å². The van der Waals surface area contributed by atoms with Gasteiger partial charge in [-0.1, -0.05) is 6.58 Å². The molecule has 0 spiro atoms. The number of carbonyl (C=O) groups excluding carboxylic acids is 2. The molecule has 0 bridgehead atoms. The van der Waals surface area contributed by atoms with Crippen LogP contribution in [0.15, 0.2) is 16.6 Å². The van der Waals surface area contributed by atoms with Gasteiger partial charge in [0.25, 0.3) is 5.91 Å². The molecule has 0 saturated heterocycles. The first kappa shape index (κ1) is 12.7. The molecule has 0 fully saturated rings. The van der Waals surface area contributed by atoms with Gasteiger partial charge < -0.3 is 4.42 Å². The Morgan fingerprint density at radius 3 is 2.41 bits per heavy atom. The molecule has 0 aromatic carbocycles. The number of Topliss-reactive ketones (excluding diaryl/α,β-unsaturated/α-hetero) is 1. The summed E-state index contributed by atoms with van der Waals surface area (Å²) in [6, 6.07) is 1.85. The number of rotatable bonds is 3. The van der Waals surface area contributed by atoms with Crippen molar-refractivity contribution >= 4 is 17.6 Å². The lowest BCUT2D eigenvalue weighted by molar-refractivity contribution is -0.112. The first-order chi connectivity index (χ1) is 7.88. The van der Waals surface area contributed by atoms with E-state index in [9.17, 15) is 9.59 Å². The van der Waals surface area contributed by atoms with Gasteiger partial charge in [0, 0.05) is 5.57 Å². The van der Waals surface area contributed by atoms with E-state index in [0.29, 0.717) is 5.76 Å². The zero-order valence-corrected chi connectivity index (χ0v) is 9.88. The third-order valence-corrected chi connectivity index (χ3v) is 2.16. The number of furan rings is 1. The van der Waals surface area contributed by atoms with Crippen LogP contribution in [0.3, 0.4) is 0 Å². The fourth-order valence-electron chi connectivity index (χ4n) is 1.37. The summed E-state index contributed by atoms with van der Waals surface area (Å²) in [6.07, 6.45) is 0. The fraction of sp³-hybridized carbons (Fsp3) is 0.250. The summed E-state index contributed by atoms with van der Waals surface area (Å²) in [5, 5.41) is 11.4. The van der Waals surface area contributed by atoms with Gasteiger partial charge in [0.15, 0.2) is 5.78 Å². The van der Waals surface area contributed by atoms with Gasteiger partial charge in [-0.3, -0.25) is 14.9 Å². The van der Waals surface area contributed by atoms with E-state index in [4.69, 9.17) is 9.68 Å². The number of ketones is 1. The first-order valence-electron chi connectivity index (χ1n) is 4.89. The maximum absolute atomic E-state index is 11.4. The van der Waals surface area contributed by atoms with Crippen LogP contribution in [-0.2, 0) is 4.79 Å².